The average Bonchev–Trinajstić information content (AvgIpc) is 2.85. The maximum absolute atomic E-state index is 10.9. The second-order valence-electron chi connectivity index (χ2n) is 7.55. The largest absolute Gasteiger partial charge is 0.369 e. The van der Waals surface area contributed by atoms with E-state index in [-0.39, 0.29) is 5.69 Å². The molecule has 2 N–H and O–H groups in total. The van der Waals surface area contributed by atoms with Crippen molar-refractivity contribution in [2.45, 2.75) is 0 Å². The number of nitrogens with one attached hydrogen (secondary N) is 2. The van der Waals surface area contributed by atoms with Crippen molar-refractivity contribution in [1.29, 1.82) is 0 Å². The van der Waals surface area contributed by atoms with E-state index in [1.54, 1.807) is 12.1 Å². The lowest BCUT2D eigenvalue weighted by Crippen LogP contribution is -2.43. The van der Waals surface area contributed by atoms with Crippen molar-refractivity contribution in [2.75, 3.05) is 36.4 Å². The van der Waals surface area contributed by atoms with Gasteiger partial charge in [-0.2, -0.15) is 0 Å². The SMILES string of the molecule is O=[N+]([O-])c1ccc(-c2ccc3nnc(Nc4ccc(N5CCNCC5)cc4)nc3c2)cc1. The highest BCUT2D eigenvalue weighted by molar-refractivity contribution is 5.82. The standard InChI is InChI=1S/C23H21N7O2/c31-30(32)20-6-1-16(2-7-20)17-3-10-21-22(15-17)26-23(28-27-21)25-18-4-8-19(9-5-18)29-13-11-24-12-14-29/h1-10,15,24H,11-14H2,(H,25,26,28). The molecule has 1 saturated heterocycles. The van der Waals surface area contributed by atoms with Gasteiger partial charge in [0.05, 0.1) is 10.4 Å². The Balaban J connectivity index is 1.36. The van der Waals surface area contributed by atoms with E-state index in [1.165, 1.54) is 17.8 Å². The van der Waals surface area contributed by atoms with Gasteiger partial charge in [-0.15, -0.1) is 10.2 Å². The molecule has 0 bridgehead atoms. The quantitative estimate of drug-likeness (QED) is 0.366. The van der Waals surface area contributed by atoms with Crippen LogP contribution < -0.4 is 15.5 Å². The van der Waals surface area contributed by atoms with Crippen molar-refractivity contribution >= 4 is 34.0 Å². The lowest BCUT2D eigenvalue weighted by molar-refractivity contribution is -0.384. The molecule has 1 aromatic heterocycles. The number of nitro groups is 1. The number of aromatic nitrogens is 3. The number of piperazine rings is 1. The highest BCUT2D eigenvalue weighted by atomic mass is 16.6. The van der Waals surface area contributed by atoms with Crippen LogP contribution in [-0.2, 0) is 0 Å². The third-order valence-electron chi connectivity index (χ3n) is 5.47. The van der Waals surface area contributed by atoms with Gasteiger partial charge in [-0.1, -0.05) is 6.07 Å². The van der Waals surface area contributed by atoms with Crippen LogP contribution in [-0.4, -0.2) is 46.3 Å². The van der Waals surface area contributed by atoms with Gasteiger partial charge in [-0.05, 0) is 59.7 Å². The molecule has 4 aromatic rings. The van der Waals surface area contributed by atoms with Gasteiger partial charge >= 0.3 is 0 Å². The molecule has 0 aliphatic carbocycles. The molecule has 5 rings (SSSR count). The van der Waals surface area contributed by atoms with E-state index >= 15 is 0 Å². The Bertz CT molecular complexity index is 1250. The molecule has 0 spiro atoms. The van der Waals surface area contributed by atoms with Crippen LogP contribution in [0.5, 0.6) is 0 Å². The maximum atomic E-state index is 10.9. The molecule has 0 saturated carbocycles. The Kier molecular flexibility index (Phi) is 5.30. The molecule has 1 fully saturated rings. The van der Waals surface area contributed by atoms with Crippen molar-refractivity contribution in [3.8, 4) is 11.1 Å². The summed E-state index contributed by atoms with van der Waals surface area (Å²) in [5, 5.41) is 25.9. The van der Waals surface area contributed by atoms with Crippen molar-refractivity contribution in [1.82, 2.24) is 20.5 Å². The zero-order chi connectivity index (χ0) is 21.9. The van der Waals surface area contributed by atoms with Gasteiger partial charge < -0.3 is 15.5 Å². The fourth-order valence-electron chi connectivity index (χ4n) is 3.75. The predicted octanol–water partition coefficient (Wildman–Crippen LogP) is 3.75. The number of nitrogens with zero attached hydrogens (tertiary/aromatic N) is 5. The number of non-ortho nitro benzene ring substituents is 1. The van der Waals surface area contributed by atoms with Gasteiger partial charge in [-0.3, -0.25) is 10.1 Å². The lowest BCUT2D eigenvalue weighted by Gasteiger charge is -2.29. The summed E-state index contributed by atoms with van der Waals surface area (Å²) < 4.78 is 0. The second kappa shape index (κ2) is 8.56. The van der Waals surface area contributed by atoms with Crippen LogP contribution in [0.4, 0.5) is 23.0 Å². The number of nitro benzene ring substituents is 1. The van der Waals surface area contributed by atoms with Crippen LogP contribution in [0.2, 0.25) is 0 Å². The van der Waals surface area contributed by atoms with Crippen LogP contribution in [0.3, 0.4) is 0 Å². The minimum absolute atomic E-state index is 0.0630. The van der Waals surface area contributed by atoms with Crippen LogP contribution in [0, 0.1) is 10.1 Å². The third kappa shape index (κ3) is 4.19. The van der Waals surface area contributed by atoms with E-state index in [2.05, 4.69) is 42.8 Å². The maximum Gasteiger partial charge on any atom is 0.269 e. The first-order valence-corrected chi connectivity index (χ1v) is 10.4. The molecule has 32 heavy (non-hydrogen) atoms. The molecule has 0 amide bonds. The zero-order valence-electron chi connectivity index (χ0n) is 17.2. The Labute approximate surface area is 184 Å². The summed E-state index contributed by atoms with van der Waals surface area (Å²) in [6, 6.07) is 20.3. The summed E-state index contributed by atoms with van der Waals surface area (Å²) in [7, 11) is 0. The highest BCUT2D eigenvalue weighted by Gasteiger charge is 2.11. The molecule has 3 aromatic carbocycles. The number of rotatable bonds is 5. The fraction of sp³-hybridized carbons (Fsp3) is 0.174. The molecule has 0 unspecified atom stereocenters. The molecule has 0 radical (unpaired) electrons. The van der Waals surface area contributed by atoms with Crippen LogP contribution in [0.25, 0.3) is 22.2 Å². The molecule has 0 atom stereocenters. The summed E-state index contributed by atoms with van der Waals surface area (Å²) in [4.78, 5) is 17.4. The smallest absolute Gasteiger partial charge is 0.269 e. The number of anilines is 3. The van der Waals surface area contributed by atoms with E-state index in [1.807, 2.05) is 30.3 Å². The summed E-state index contributed by atoms with van der Waals surface area (Å²) in [6.07, 6.45) is 0. The number of hydrogen-bond donors (Lipinski definition) is 2. The van der Waals surface area contributed by atoms with E-state index in [4.69, 9.17) is 0 Å². The zero-order valence-corrected chi connectivity index (χ0v) is 17.2. The van der Waals surface area contributed by atoms with Crippen molar-refractivity contribution < 1.29 is 4.92 Å². The van der Waals surface area contributed by atoms with Crippen LogP contribution >= 0.6 is 0 Å². The van der Waals surface area contributed by atoms with E-state index in [0.29, 0.717) is 17.0 Å². The van der Waals surface area contributed by atoms with Crippen molar-refractivity contribution in [2.24, 2.45) is 0 Å². The molecule has 2 heterocycles. The molecule has 1 aliphatic rings. The monoisotopic (exact) mass is 427 g/mol. The fourth-order valence-corrected chi connectivity index (χ4v) is 3.75. The topological polar surface area (TPSA) is 109 Å². The lowest BCUT2D eigenvalue weighted by atomic mass is 10.0. The molecule has 1 aliphatic heterocycles. The molecule has 9 heteroatoms. The minimum atomic E-state index is -0.407. The summed E-state index contributed by atoms with van der Waals surface area (Å²) >= 11 is 0. The Morgan fingerprint density at radius 2 is 1.59 bits per heavy atom. The predicted molar refractivity (Wildman–Crippen MR) is 124 cm³/mol. The Morgan fingerprint density at radius 3 is 2.31 bits per heavy atom. The van der Waals surface area contributed by atoms with Crippen LogP contribution in [0.15, 0.2) is 66.7 Å². The number of hydrogen-bond acceptors (Lipinski definition) is 8. The Hall–Kier alpha value is -4.11. The first-order chi connectivity index (χ1) is 15.7. The summed E-state index contributed by atoms with van der Waals surface area (Å²) in [5.74, 6) is 0.410. The number of benzene rings is 3. The van der Waals surface area contributed by atoms with Gasteiger partial charge in [0.1, 0.15) is 5.52 Å². The van der Waals surface area contributed by atoms with E-state index in [9.17, 15) is 10.1 Å². The minimum Gasteiger partial charge on any atom is -0.369 e. The average molecular weight is 427 g/mol. The van der Waals surface area contributed by atoms with Gasteiger partial charge in [0.2, 0.25) is 5.95 Å². The summed E-state index contributed by atoms with van der Waals surface area (Å²) in [6.45, 7) is 4.00. The van der Waals surface area contributed by atoms with Gasteiger partial charge in [-0.25, -0.2) is 4.98 Å². The molecule has 9 nitrogen and oxygen atoms in total. The highest BCUT2D eigenvalue weighted by Crippen LogP contribution is 2.26. The first-order valence-electron chi connectivity index (χ1n) is 10.4. The van der Waals surface area contributed by atoms with Crippen molar-refractivity contribution in [3.63, 3.8) is 0 Å². The van der Waals surface area contributed by atoms with Gasteiger partial charge in [0.25, 0.3) is 5.69 Å². The van der Waals surface area contributed by atoms with Crippen LogP contribution in [0.1, 0.15) is 0 Å². The van der Waals surface area contributed by atoms with Crippen molar-refractivity contribution in [3.05, 3.63) is 76.8 Å². The van der Waals surface area contributed by atoms with Gasteiger partial charge in [0.15, 0.2) is 0 Å². The first kappa shape index (κ1) is 19.8. The second-order valence-corrected chi connectivity index (χ2v) is 7.55. The molecular weight excluding hydrogens is 406 g/mol. The molecular formula is C23H21N7O2. The third-order valence-corrected chi connectivity index (χ3v) is 5.47. The Morgan fingerprint density at radius 1 is 0.875 bits per heavy atom. The van der Waals surface area contributed by atoms with E-state index < -0.39 is 4.92 Å². The van der Waals surface area contributed by atoms with E-state index in [0.717, 1.165) is 43.0 Å². The number of fused-ring (bicyclic) bond motifs is 1. The normalized spacial score (nSPS) is 13.8. The summed E-state index contributed by atoms with van der Waals surface area (Å²) in [5.41, 5.74) is 5.28. The van der Waals surface area contributed by atoms with Gasteiger partial charge in [0, 0.05) is 49.7 Å². The molecule has 160 valence electrons.